The second-order valence-electron chi connectivity index (χ2n) is 8.14. The number of anilines is 1. The molecule has 2 aromatic carbocycles. The Hall–Kier alpha value is -3.64. The Kier molecular flexibility index (Phi) is 6.92. The van der Waals surface area contributed by atoms with Gasteiger partial charge < -0.3 is 25.2 Å². The van der Waals surface area contributed by atoms with Gasteiger partial charge in [0.15, 0.2) is 0 Å². The molecule has 0 aliphatic carbocycles. The summed E-state index contributed by atoms with van der Waals surface area (Å²) in [6.45, 7) is 3.35. The first kappa shape index (κ1) is 25.5. The van der Waals surface area contributed by atoms with Crippen LogP contribution in [0.3, 0.4) is 0 Å². The summed E-state index contributed by atoms with van der Waals surface area (Å²) in [7, 11) is -4.03. The molecule has 2 heterocycles. The molecule has 10 nitrogen and oxygen atoms in total. The van der Waals surface area contributed by atoms with Crippen molar-refractivity contribution in [2.75, 3.05) is 31.1 Å². The average molecular weight is 536 g/mol. The summed E-state index contributed by atoms with van der Waals surface area (Å²) in [4.78, 5) is 27.3. The Morgan fingerprint density at radius 3 is 2.39 bits per heavy atom. The zero-order chi connectivity index (χ0) is 26.2. The van der Waals surface area contributed by atoms with Crippen LogP contribution in [0.25, 0.3) is 10.9 Å². The van der Waals surface area contributed by atoms with Gasteiger partial charge in [-0.25, -0.2) is 9.18 Å². The van der Waals surface area contributed by atoms with Gasteiger partial charge in [0, 0.05) is 49.3 Å². The van der Waals surface area contributed by atoms with Gasteiger partial charge in [-0.1, -0.05) is 11.6 Å². The van der Waals surface area contributed by atoms with Crippen LogP contribution in [0.4, 0.5) is 10.1 Å². The molecule has 4 rings (SSSR count). The number of aromatic nitrogens is 1. The van der Waals surface area contributed by atoms with Crippen LogP contribution in [0.5, 0.6) is 0 Å². The van der Waals surface area contributed by atoms with Crippen LogP contribution in [0, 0.1) is 5.82 Å². The van der Waals surface area contributed by atoms with E-state index in [9.17, 15) is 23.1 Å². The number of halogens is 2. The Balaban J connectivity index is 1.57. The Bertz CT molecular complexity index is 1530. The first-order valence-corrected chi connectivity index (χ1v) is 12.8. The van der Waals surface area contributed by atoms with Crippen LogP contribution in [-0.4, -0.2) is 61.1 Å². The summed E-state index contributed by atoms with van der Waals surface area (Å²) in [6, 6.07) is 8.15. The Morgan fingerprint density at radius 1 is 1.17 bits per heavy atom. The smallest absolute Gasteiger partial charge is 0.341 e. The third-order valence-corrected chi connectivity index (χ3v) is 7.54. The number of sulfonamides is 1. The number of guanidine groups is 1. The van der Waals surface area contributed by atoms with Crippen LogP contribution in [0.1, 0.15) is 17.3 Å². The first-order valence-electron chi connectivity index (χ1n) is 11.0. The summed E-state index contributed by atoms with van der Waals surface area (Å²) in [5, 5.41) is 9.68. The predicted octanol–water partition coefficient (Wildman–Crippen LogP) is 2.34. The highest BCUT2D eigenvalue weighted by Crippen LogP contribution is 2.26. The monoisotopic (exact) mass is 535 g/mol. The maximum atomic E-state index is 15.1. The molecule has 1 aromatic heterocycles. The minimum absolute atomic E-state index is 0.0135. The molecule has 0 radical (unpaired) electrons. The quantitative estimate of drug-likeness (QED) is 0.375. The van der Waals surface area contributed by atoms with Crippen LogP contribution in [0.15, 0.2) is 56.7 Å². The largest absolute Gasteiger partial charge is 0.477 e. The minimum Gasteiger partial charge on any atom is -0.477 e. The molecule has 0 atom stereocenters. The summed E-state index contributed by atoms with van der Waals surface area (Å²) in [5.41, 5.74) is 5.47. The number of carboxylic acid groups (broad SMARTS) is 1. The zero-order valence-corrected chi connectivity index (χ0v) is 20.8. The highest BCUT2D eigenvalue weighted by Gasteiger charge is 2.24. The van der Waals surface area contributed by atoms with E-state index in [-0.39, 0.29) is 35.0 Å². The molecule has 1 aliphatic heterocycles. The summed E-state index contributed by atoms with van der Waals surface area (Å²) < 4.78 is 45.4. The van der Waals surface area contributed by atoms with Crippen molar-refractivity contribution >= 4 is 50.1 Å². The van der Waals surface area contributed by atoms with Crippen molar-refractivity contribution in [3.63, 3.8) is 0 Å². The number of hydrogen-bond donors (Lipinski definition) is 2. The van der Waals surface area contributed by atoms with Crippen LogP contribution in [-0.2, 0) is 16.6 Å². The lowest BCUT2D eigenvalue weighted by atomic mass is 10.1. The van der Waals surface area contributed by atoms with Crippen LogP contribution < -0.4 is 16.1 Å². The molecule has 1 aliphatic rings. The number of nitrogens with two attached hydrogens (primary N) is 1. The number of carboxylic acids is 1. The number of aryl methyl sites for hydroxylation is 1. The molecule has 0 spiro atoms. The van der Waals surface area contributed by atoms with E-state index < -0.39 is 32.8 Å². The molecule has 0 amide bonds. The molecule has 0 saturated carbocycles. The van der Waals surface area contributed by atoms with E-state index in [2.05, 4.69) is 4.40 Å². The van der Waals surface area contributed by atoms with Gasteiger partial charge in [0.25, 0.3) is 10.0 Å². The fourth-order valence-electron chi connectivity index (χ4n) is 4.07. The molecule has 1 saturated heterocycles. The van der Waals surface area contributed by atoms with Crippen molar-refractivity contribution < 1.29 is 22.7 Å². The van der Waals surface area contributed by atoms with Crippen molar-refractivity contribution in [2.45, 2.75) is 18.4 Å². The maximum absolute atomic E-state index is 15.1. The van der Waals surface area contributed by atoms with E-state index in [4.69, 9.17) is 17.3 Å². The van der Waals surface area contributed by atoms with Gasteiger partial charge in [-0.05, 0) is 43.3 Å². The number of pyridine rings is 1. The maximum Gasteiger partial charge on any atom is 0.341 e. The van der Waals surface area contributed by atoms with Crippen molar-refractivity contribution in [2.24, 2.45) is 10.1 Å². The normalized spacial score (nSPS) is 14.9. The van der Waals surface area contributed by atoms with E-state index >= 15 is 4.39 Å². The molecule has 36 heavy (non-hydrogen) atoms. The highest BCUT2D eigenvalue weighted by molar-refractivity contribution is 7.90. The van der Waals surface area contributed by atoms with Gasteiger partial charge in [0.2, 0.25) is 11.4 Å². The lowest BCUT2D eigenvalue weighted by molar-refractivity contribution is 0.0695. The second kappa shape index (κ2) is 9.78. The van der Waals surface area contributed by atoms with Crippen molar-refractivity contribution in [1.29, 1.82) is 0 Å². The lowest BCUT2D eigenvalue weighted by Gasteiger charge is -2.36. The summed E-state index contributed by atoms with van der Waals surface area (Å²) in [6.07, 6.45) is 1.25. The Labute approximate surface area is 211 Å². The van der Waals surface area contributed by atoms with Crippen molar-refractivity contribution in [1.82, 2.24) is 9.47 Å². The number of aromatic carboxylic acids is 1. The summed E-state index contributed by atoms with van der Waals surface area (Å²) in [5.74, 6) is -2.21. The number of piperazine rings is 1. The zero-order valence-electron chi connectivity index (χ0n) is 19.2. The van der Waals surface area contributed by atoms with Gasteiger partial charge in [0.1, 0.15) is 11.4 Å². The number of rotatable bonds is 5. The first-order chi connectivity index (χ1) is 17.0. The van der Waals surface area contributed by atoms with E-state index in [0.717, 1.165) is 6.07 Å². The molecule has 0 unspecified atom stereocenters. The topological polar surface area (TPSA) is 138 Å². The minimum atomic E-state index is -4.03. The number of hydrogen-bond acceptors (Lipinski definition) is 5. The number of fused-ring (bicyclic) bond motifs is 1. The molecular formula is C23H23ClFN5O5S. The van der Waals surface area contributed by atoms with Gasteiger partial charge >= 0.3 is 5.97 Å². The van der Waals surface area contributed by atoms with Crippen molar-refractivity contribution in [3.8, 4) is 0 Å². The lowest BCUT2D eigenvalue weighted by Crippen LogP contribution is -2.51. The predicted molar refractivity (Wildman–Crippen MR) is 135 cm³/mol. The van der Waals surface area contributed by atoms with Crippen LogP contribution in [0.2, 0.25) is 5.02 Å². The van der Waals surface area contributed by atoms with Gasteiger partial charge in [0.05, 0.1) is 16.1 Å². The number of benzene rings is 2. The molecular weight excluding hydrogens is 513 g/mol. The molecule has 1 fully saturated rings. The molecule has 3 N–H and O–H groups in total. The molecule has 0 bridgehead atoms. The van der Waals surface area contributed by atoms with Gasteiger partial charge in [-0.2, -0.15) is 8.42 Å². The average Bonchev–Trinajstić information content (AvgIpc) is 2.84. The Morgan fingerprint density at radius 2 is 1.81 bits per heavy atom. The van der Waals surface area contributed by atoms with Crippen molar-refractivity contribution in [3.05, 3.63) is 69.2 Å². The molecule has 13 heteroatoms. The van der Waals surface area contributed by atoms with E-state index in [1.54, 1.807) is 21.3 Å². The third-order valence-electron chi connectivity index (χ3n) is 5.99. The third kappa shape index (κ3) is 4.86. The number of nitrogens with zero attached hydrogens (tertiary/aromatic N) is 4. The van der Waals surface area contributed by atoms with E-state index in [0.29, 0.717) is 30.2 Å². The van der Waals surface area contributed by atoms with E-state index in [1.165, 1.54) is 36.5 Å². The number of carbonyl (C=O) groups is 1. The van der Waals surface area contributed by atoms with Gasteiger partial charge in [-0.3, -0.25) is 4.79 Å². The fourth-order valence-corrected chi connectivity index (χ4v) is 5.15. The highest BCUT2D eigenvalue weighted by atomic mass is 35.5. The van der Waals surface area contributed by atoms with E-state index in [1.807, 2.05) is 0 Å². The van der Waals surface area contributed by atoms with Crippen LogP contribution >= 0.6 is 11.6 Å². The van der Waals surface area contributed by atoms with Gasteiger partial charge in [-0.15, -0.1) is 4.40 Å². The second-order valence-corrected chi connectivity index (χ2v) is 10.2. The fraction of sp³-hybridized carbons (Fsp3) is 0.261. The molecule has 190 valence electrons. The SMILES string of the molecule is CCn1cc(C(=O)O)c(=O)c2cc(F)c(N3CCN(/C(N)=N/S(=O)(=O)c4ccc(Cl)cc4)CC3)cc21. The molecule has 3 aromatic rings. The summed E-state index contributed by atoms with van der Waals surface area (Å²) >= 11 is 5.81. The standard InChI is InChI=1S/C23H23ClFN5O5S/c1-2-28-13-17(22(32)33)21(31)16-11-18(25)20(12-19(16)28)29-7-9-30(10-8-29)23(26)27-36(34,35)15-5-3-14(24)4-6-15/h3-6,11-13H,2,7-10H2,1H3,(H2,26,27)(H,32,33).